The zero-order valence-corrected chi connectivity index (χ0v) is 14.5. The van der Waals surface area contributed by atoms with E-state index in [1.807, 2.05) is 35.8 Å². The molecule has 1 fully saturated rings. The Hall–Kier alpha value is -2.20. The summed E-state index contributed by atoms with van der Waals surface area (Å²) in [5, 5.41) is 0. The van der Waals surface area contributed by atoms with Gasteiger partial charge in [0.25, 0.3) is 5.56 Å². The highest BCUT2D eigenvalue weighted by molar-refractivity contribution is 5.53. The minimum Gasteiger partial charge on any atom is -0.311 e. The van der Waals surface area contributed by atoms with E-state index in [9.17, 15) is 9.18 Å². The summed E-state index contributed by atoms with van der Waals surface area (Å²) in [7, 11) is 0. The number of pyridine rings is 1. The predicted octanol–water partition coefficient (Wildman–Crippen LogP) is 3.64. The van der Waals surface area contributed by atoms with Gasteiger partial charge in [-0.15, -0.1) is 0 Å². The molecule has 2 aliphatic rings. The van der Waals surface area contributed by atoms with Gasteiger partial charge in [0, 0.05) is 43.9 Å². The van der Waals surface area contributed by atoms with E-state index in [1.165, 1.54) is 17.8 Å². The van der Waals surface area contributed by atoms with Gasteiger partial charge in [-0.2, -0.15) is 0 Å². The van der Waals surface area contributed by atoms with Crippen LogP contribution in [0, 0.1) is 11.7 Å². The van der Waals surface area contributed by atoms with Gasteiger partial charge in [0.2, 0.25) is 0 Å². The third kappa shape index (κ3) is 3.19. The van der Waals surface area contributed by atoms with Crippen molar-refractivity contribution in [1.82, 2.24) is 9.47 Å². The second-order valence-electron chi connectivity index (χ2n) is 7.24. The molecule has 25 heavy (non-hydrogen) atoms. The second-order valence-corrected chi connectivity index (χ2v) is 7.24. The number of fused-ring (bicyclic) bond motifs is 4. The van der Waals surface area contributed by atoms with E-state index >= 15 is 0 Å². The van der Waals surface area contributed by atoms with E-state index in [0.717, 1.165) is 43.7 Å². The number of likely N-dealkylation sites (tertiary alicyclic amines) is 1. The van der Waals surface area contributed by atoms with Crippen molar-refractivity contribution < 1.29 is 4.39 Å². The average molecular weight is 338 g/mol. The zero-order chi connectivity index (χ0) is 17.4. The van der Waals surface area contributed by atoms with Gasteiger partial charge >= 0.3 is 0 Å². The fourth-order valence-corrected chi connectivity index (χ4v) is 4.44. The van der Waals surface area contributed by atoms with Gasteiger partial charge in [0.05, 0.1) is 0 Å². The van der Waals surface area contributed by atoms with Crippen LogP contribution < -0.4 is 5.56 Å². The zero-order valence-electron chi connectivity index (χ0n) is 14.5. The Labute approximate surface area is 147 Å². The molecule has 0 N–H and O–H groups in total. The summed E-state index contributed by atoms with van der Waals surface area (Å²) >= 11 is 0. The minimum absolute atomic E-state index is 0.116. The van der Waals surface area contributed by atoms with Gasteiger partial charge < -0.3 is 4.57 Å². The molecular weight excluding hydrogens is 315 g/mol. The molecule has 130 valence electrons. The van der Waals surface area contributed by atoms with E-state index in [0.29, 0.717) is 11.8 Å². The average Bonchev–Trinajstić information content (AvgIpc) is 2.59. The van der Waals surface area contributed by atoms with Crippen molar-refractivity contribution in [2.24, 2.45) is 5.92 Å². The maximum Gasteiger partial charge on any atom is 0.250 e. The quantitative estimate of drug-likeness (QED) is 0.854. The lowest BCUT2D eigenvalue weighted by molar-refractivity contribution is 0.114. The highest BCUT2D eigenvalue weighted by atomic mass is 19.1. The number of allylic oxidation sites excluding steroid dienone is 1. The van der Waals surface area contributed by atoms with Crippen molar-refractivity contribution in [3.63, 3.8) is 0 Å². The Balaban J connectivity index is 1.62. The summed E-state index contributed by atoms with van der Waals surface area (Å²) in [5.74, 6) is 0.696. The molecule has 3 nitrogen and oxygen atoms in total. The summed E-state index contributed by atoms with van der Waals surface area (Å²) in [4.78, 5) is 14.8. The molecule has 1 aromatic heterocycles. The van der Waals surface area contributed by atoms with Crippen molar-refractivity contribution >= 4 is 6.08 Å². The van der Waals surface area contributed by atoms with Gasteiger partial charge in [-0.25, -0.2) is 4.39 Å². The van der Waals surface area contributed by atoms with Crippen LogP contribution in [0.3, 0.4) is 0 Å². The van der Waals surface area contributed by atoms with Crippen molar-refractivity contribution in [2.45, 2.75) is 32.4 Å². The molecule has 2 aromatic rings. The van der Waals surface area contributed by atoms with Gasteiger partial charge in [-0.1, -0.05) is 24.3 Å². The normalized spacial score (nSPS) is 23.0. The Morgan fingerprint density at radius 3 is 2.68 bits per heavy atom. The number of rotatable bonds is 3. The highest BCUT2D eigenvalue weighted by Gasteiger charge is 2.35. The van der Waals surface area contributed by atoms with Gasteiger partial charge in [0.15, 0.2) is 0 Å². The number of nitrogens with zero attached hydrogens (tertiary/aromatic N) is 2. The first-order valence-electron chi connectivity index (χ1n) is 8.97. The third-order valence-electron chi connectivity index (χ3n) is 5.36. The maximum absolute atomic E-state index is 13.1. The molecule has 2 atom stereocenters. The predicted molar refractivity (Wildman–Crippen MR) is 97.9 cm³/mol. The molecule has 4 rings (SSSR count). The lowest BCUT2D eigenvalue weighted by Gasteiger charge is -2.43. The standard InChI is InChI=1S/C21H23FN2O/c1-2-3-17-6-9-20(25)24-13-16-10-18(21(17)24)14-23(12-16)11-15-4-7-19(22)8-5-15/h2-9,16,18H,10-14H2,1H3. The smallest absolute Gasteiger partial charge is 0.250 e. The fraction of sp³-hybridized carbons (Fsp3) is 0.381. The molecule has 3 heterocycles. The monoisotopic (exact) mass is 338 g/mol. The molecular formula is C21H23FN2O. The van der Waals surface area contributed by atoms with Crippen LogP contribution >= 0.6 is 0 Å². The fourth-order valence-electron chi connectivity index (χ4n) is 4.44. The van der Waals surface area contributed by atoms with Crippen molar-refractivity contribution in [3.05, 3.63) is 75.5 Å². The minimum atomic E-state index is -0.191. The largest absolute Gasteiger partial charge is 0.311 e. The van der Waals surface area contributed by atoms with E-state index in [1.54, 1.807) is 6.07 Å². The van der Waals surface area contributed by atoms with Crippen LogP contribution in [0.25, 0.3) is 6.08 Å². The van der Waals surface area contributed by atoms with Crippen molar-refractivity contribution in [2.75, 3.05) is 13.1 Å². The van der Waals surface area contributed by atoms with Gasteiger partial charge in [-0.3, -0.25) is 9.69 Å². The summed E-state index contributed by atoms with van der Waals surface area (Å²) in [5.41, 5.74) is 3.60. The van der Waals surface area contributed by atoms with E-state index in [4.69, 9.17) is 0 Å². The Kier molecular flexibility index (Phi) is 4.30. The molecule has 0 spiro atoms. The topological polar surface area (TPSA) is 25.2 Å². The van der Waals surface area contributed by atoms with Crippen LogP contribution in [0.4, 0.5) is 4.39 Å². The maximum atomic E-state index is 13.1. The number of halogens is 1. The van der Waals surface area contributed by atoms with Crippen molar-refractivity contribution in [1.29, 1.82) is 0 Å². The van der Waals surface area contributed by atoms with E-state index in [-0.39, 0.29) is 11.4 Å². The lowest BCUT2D eigenvalue weighted by atomic mass is 9.81. The number of piperidine rings is 1. The molecule has 0 aliphatic carbocycles. The Bertz CT molecular complexity index is 853. The third-order valence-corrected chi connectivity index (χ3v) is 5.36. The van der Waals surface area contributed by atoms with Crippen LogP contribution in [0.15, 0.2) is 47.3 Å². The summed E-state index contributed by atoms with van der Waals surface area (Å²) in [6.45, 7) is 5.59. The van der Waals surface area contributed by atoms with Gasteiger partial charge in [0.1, 0.15) is 5.82 Å². The van der Waals surface area contributed by atoms with Crippen LogP contribution in [0.2, 0.25) is 0 Å². The highest BCUT2D eigenvalue weighted by Crippen LogP contribution is 2.37. The number of benzene rings is 1. The first-order valence-corrected chi connectivity index (χ1v) is 8.97. The molecule has 2 bridgehead atoms. The van der Waals surface area contributed by atoms with Crippen LogP contribution in [-0.4, -0.2) is 22.6 Å². The summed E-state index contributed by atoms with van der Waals surface area (Å²) < 4.78 is 15.1. The molecule has 4 heteroatoms. The molecule has 0 amide bonds. The Morgan fingerprint density at radius 2 is 1.92 bits per heavy atom. The summed E-state index contributed by atoms with van der Waals surface area (Å²) in [6.07, 6.45) is 5.28. The van der Waals surface area contributed by atoms with Crippen LogP contribution in [0.5, 0.6) is 0 Å². The lowest BCUT2D eigenvalue weighted by Crippen LogP contribution is -2.47. The molecule has 0 radical (unpaired) electrons. The SMILES string of the molecule is CC=Cc1ccc(=O)n2c1C1CC(CN(Cc3ccc(F)cc3)C1)C2. The number of hydrogen-bond donors (Lipinski definition) is 0. The summed E-state index contributed by atoms with van der Waals surface area (Å²) in [6, 6.07) is 10.4. The molecule has 0 saturated carbocycles. The van der Waals surface area contributed by atoms with E-state index in [2.05, 4.69) is 11.0 Å². The van der Waals surface area contributed by atoms with Crippen LogP contribution in [-0.2, 0) is 13.1 Å². The first-order chi connectivity index (χ1) is 12.1. The molecule has 2 unspecified atom stereocenters. The Morgan fingerprint density at radius 1 is 1.12 bits per heavy atom. The van der Waals surface area contributed by atoms with Crippen LogP contribution in [0.1, 0.15) is 36.1 Å². The number of hydrogen-bond acceptors (Lipinski definition) is 2. The van der Waals surface area contributed by atoms with Gasteiger partial charge in [-0.05, 0) is 48.6 Å². The molecule has 1 aromatic carbocycles. The van der Waals surface area contributed by atoms with E-state index < -0.39 is 0 Å². The number of aromatic nitrogens is 1. The van der Waals surface area contributed by atoms with Crippen molar-refractivity contribution in [3.8, 4) is 0 Å². The second kappa shape index (κ2) is 6.60. The molecule has 1 saturated heterocycles. The first kappa shape index (κ1) is 16.3. The molecule has 2 aliphatic heterocycles.